The molecule has 0 amide bonds. The Kier molecular flexibility index (Phi) is 4.80. The standard InChI is InChI=1S/C17H23NO/c1-4-14-5-7-16(8-6-14)17(13(2)3)18-11-15-9-10-19-12-15/h5-10,12-13,17-18H,4,11H2,1-3H3. The van der Waals surface area contributed by atoms with Crippen LogP contribution in [0.3, 0.4) is 0 Å². The molecule has 0 aliphatic carbocycles. The van der Waals surface area contributed by atoms with Gasteiger partial charge in [0.15, 0.2) is 0 Å². The minimum Gasteiger partial charge on any atom is -0.472 e. The zero-order valence-electron chi connectivity index (χ0n) is 12.0. The third kappa shape index (κ3) is 3.71. The summed E-state index contributed by atoms with van der Waals surface area (Å²) in [6, 6.07) is 11.3. The second kappa shape index (κ2) is 6.58. The van der Waals surface area contributed by atoms with Gasteiger partial charge in [0.05, 0.1) is 12.5 Å². The number of aryl methyl sites for hydroxylation is 1. The van der Waals surface area contributed by atoms with Gasteiger partial charge in [0, 0.05) is 18.2 Å². The summed E-state index contributed by atoms with van der Waals surface area (Å²) in [6.45, 7) is 7.53. The first-order chi connectivity index (χ1) is 9.20. The van der Waals surface area contributed by atoms with Crippen LogP contribution in [0, 0.1) is 5.92 Å². The minimum atomic E-state index is 0.376. The summed E-state index contributed by atoms with van der Waals surface area (Å²) in [5.74, 6) is 0.555. The molecule has 1 aromatic heterocycles. The number of nitrogens with one attached hydrogen (secondary N) is 1. The van der Waals surface area contributed by atoms with E-state index in [1.807, 2.05) is 6.07 Å². The molecule has 2 nitrogen and oxygen atoms in total. The van der Waals surface area contributed by atoms with Crippen molar-refractivity contribution in [3.05, 3.63) is 59.5 Å². The molecule has 0 radical (unpaired) electrons. The van der Waals surface area contributed by atoms with Crippen molar-refractivity contribution in [2.24, 2.45) is 5.92 Å². The van der Waals surface area contributed by atoms with Crippen LogP contribution in [-0.4, -0.2) is 0 Å². The normalized spacial score (nSPS) is 12.8. The highest BCUT2D eigenvalue weighted by molar-refractivity contribution is 5.25. The van der Waals surface area contributed by atoms with Crippen LogP contribution < -0.4 is 5.32 Å². The topological polar surface area (TPSA) is 25.2 Å². The van der Waals surface area contributed by atoms with Crippen LogP contribution >= 0.6 is 0 Å². The second-order valence-electron chi connectivity index (χ2n) is 5.33. The molecule has 2 rings (SSSR count). The van der Waals surface area contributed by atoms with Crippen molar-refractivity contribution in [1.29, 1.82) is 0 Å². The maximum absolute atomic E-state index is 5.10. The van der Waals surface area contributed by atoms with Crippen molar-refractivity contribution in [2.75, 3.05) is 0 Å². The predicted molar refractivity (Wildman–Crippen MR) is 78.9 cm³/mol. The molecule has 0 bridgehead atoms. The van der Waals surface area contributed by atoms with Crippen LogP contribution in [0.4, 0.5) is 0 Å². The molecule has 0 aliphatic rings. The van der Waals surface area contributed by atoms with E-state index in [-0.39, 0.29) is 0 Å². The number of hydrogen-bond acceptors (Lipinski definition) is 2. The van der Waals surface area contributed by atoms with Crippen molar-refractivity contribution in [2.45, 2.75) is 39.8 Å². The molecule has 0 spiro atoms. The Morgan fingerprint density at radius 1 is 1.05 bits per heavy atom. The summed E-state index contributed by atoms with van der Waals surface area (Å²) < 4.78 is 5.10. The molecule has 0 saturated heterocycles. The Morgan fingerprint density at radius 3 is 2.32 bits per heavy atom. The van der Waals surface area contributed by atoms with Crippen LogP contribution in [0.25, 0.3) is 0 Å². The smallest absolute Gasteiger partial charge is 0.0947 e. The Hall–Kier alpha value is -1.54. The monoisotopic (exact) mass is 257 g/mol. The van der Waals surface area contributed by atoms with E-state index in [9.17, 15) is 0 Å². The Bertz CT molecular complexity index is 470. The first-order valence-corrected chi connectivity index (χ1v) is 7.04. The first kappa shape index (κ1) is 13.9. The van der Waals surface area contributed by atoms with Gasteiger partial charge < -0.3 is 9.73 Å². The lowest BCUT2D eigenvalue weighted by atomic mass is 9.94. The van der Waals surface area contributed by atoms with Gasteiger partial charge in [0.25, 0.3) is 0 Å². The van der Waals surface area contributed by atoms with Crippen molar-refractivity contribution < 1.29 is 4.42 Å². The SMILES string of the molecule is CCc1ccc(C(NCc2ccoc2)C(C)C)cc1. The van der Waals surface area contributed by atoms with E-state index in [1.165, 1.54) is 16.7 Å². The fourth-order valence-corrected chi connectivity index (χ4v) is 2.32. The molecule has 0 aliphatic heterocycles. The van der Waals surface area contributed by atoms with Crippen molar-refractivity contribution in [1.82, 2.24) is 5.32 Å². The zero-order chi connectivity index (χ0) is 13.7. The molecule has 1 aromatic carbocycles. The molecule has 2 heteroatoms. The highest BCUT2D eigenvalue weighted by Crippen LogP contribution is 2.22. The van der Waals surface area contributed by atoms with Gasteiger partial charge in [-0.05, 0) is 29.5 Å². The molecule has 1 atom stereocenters. The van der Waals surface area contributed by atoms with Crippen LogP contribution in [0.5, 0.6) is 0 Å². The predicted octanol–water partition coefficient (Wildman–Crippen LogP) is 4.33. The quantitative estimate of drug-likeness (QED) is 0.833. The van der Waals surface area contributed by atoms with Crippen LogP contribution in [0.2, 0.25) is 0 Å². The molecule has 2 aromatic rings. The molecule has 1 heterocycles. The number of hydrogen-bond donors (Lipinski definition) is 1. The van der Waals surface area contributed by atoms with E-state index in [1.54, 1.807) is 12.5 Å². The van der Waals surface area contributed by atoms with Crippen molar-refractivity contribution in [3.8, 4) is 0 Å². The number of furan rings is 1. The molecule has 0 saturated carbocycles. The molecule has 1 N–H and O–H groups in total. The van der Waals surface area contributed by atoms with E-state index < -0.39 is 0 Å². The lowest BCUT2D eigenvalue weighted by molar-refractivity contribution is 0.409. The Balaban J connectivity index is 2.06. The van der Waals surface area contributed by atoms with Gasteiger partial charge in [0.1, 0.15) is 0 Å². The maximum Gasteiger partial charge on any atom is 0.0947 e. The second-order valence-corrected chi connectivity index (χ2v) is 5.33. The molecule has 0 fully saturated rings. The molecule has 1 unspecified atom stereocenters. The van der Waals surface area contributed by atoms with Gasteiger partial charge in [-0.3, -0.25) is 0 Å². The summed E-state index contributed by atoms with van der Waals surface area (Å²) in [6.07, 6.45) is 4.61. The van der Waals surface area contributed by atoms with Crippen molar-refractivity contribution in [3.63, 3.8) is 0 Å². The average molecular weight is 257 g/mol. The van der Waals surface area contributed by atoms with E-state index in [0.717, 1.165) is 13.0 Å². The lowest BCUT2D eigenvalue weighted by Gasteiger charge is -2.23. The first-order valence-electron chi connectivity index (χ1n) is 7.04. The van der Waals surface area contributed by atoms with E-state index >= 15 is 0 Å². The highest BCUT2D eigenvalue weighted by atomic mass is 16.3. The Morgan fingerprint density at radius 2 is 1.79 bits per heavy atom. The van der Waals surface area contributed by atoms with E-state index in [0.29, 0.717) is 12.0 Å². The molecule has 102 valence electrons. The molecule has 19 heavy (non-hydrogen) atoms. The van der Waals surface area contributed by atoms with E-state index in [2.05, 4.69) is 50.4 Å². The van der Waals surface area contributed by atoms with Crippen LogP contribution in [-0.2, 0) is 13.0 Å². The largest absolute Gasteiger partial charge is 0.472 e. The van der Waals surface area contributed by atoms with Crippen LogP contribution in [0.1, 0.15) is 43.5 Å². The van der Waals surface area contributed by atoms with Gasteiger partial charge in [-0.2, -0.15) is 0 Å². The zero-order valence-corrected chi connectivity index (χ0v) is 12.0. The Labute approximate surface area is 115 Å². The van der Waals surface area contributed by atoms with Crippen molar-refractivity contribution >= 4 is 0 Å². The maximum atomic E-state index is 5.10. The van der Waals surface area contributed by atoms with Gasteiger partial charge in [-0.25, -0.2) is 0 Å². The third-order valence-electron chi connectivity index (χ3n) is 3.52. The number of rotatable bonds is 6. The van der Waals surface area contributed by atoms with Gasteiger partial charge in [-0.1, -0.05) is 45.0 Å². The van der Waals surface area contributed by atoms with Gasteiger partial charge >= 0.3 is 0 Å². The summed E-state index contributed by atoms with van der Waals surface area (Å²) in [5.41, 5.74) is 3.94. The van der Waals surface area contributed by atoms with Gasteiger partial charge in [-0.15, -0.1) is 0 Å². The summed E-state index contributed by atoms with van der Waals surface area (Å²) >= 11 is 0. The average Bonchev–Trinajstić information content (AvgIpc) is 2.92. The lowest BCUT2D eigenvalue weighted by Crippen LogP contribution is -2.25. The number of benzene rings is 1. The fourth-order valence-electron chi connectivity index (χ4n) is 2.32. The minimum absolute atomic E-state index is 0.376. The van der Waals surface area contributed by atoms with Crippen LogP contribution in [0.15, 0.2) is 47.3 Å². The summed E-state index contributed by atoms with van der Waals surface area (Å²) in [7, 11) is 0. The fraction of sp³-hybridized carbons (Fsp3) is 0.412. The highest BCUT2D eigenvalue weighted by Gasteiger charge is 2.15. The summed E-state index contributed by atoms with van der Waals surface area (Å²) in [4.78, 5) is 0. The molecular formula is C17H23NO. The third-order valence-corrected chi connectivity index (χ3v) is 3.52. The molecular weight excluding hydrogens is 234 g/mol. The van der Waals surface area contributed by atoms with E-state index in [4.69, 9.17) is 4.42 Å². The van der Waals surface area contributed by atoms with Gasteiger partial charge in [0.2, 0.25) is 0 Å². The summed E-state index contributed by atoms with van der Waals surface area (Å²) in [5, 5.41) is 3.62.